The molecule has 0 bridgehead atoms. The fraction of sp³-hybridized carbons (Fsp3) is 0.300. The molecular weight excluding hydrogens is 328 g/mol. The van der Waals surface area contributed by atoms with Crippen LogP contribution in [0.4, 0.5) is 0 Å². The Morgan fingerprint density at radius 2 is 1.88 bits per heavy atom. The van der Waals surface area contributed by atoms with E-state index >= 15 is 0 Å². The molecule has 0 saturated carbocycles. The predicted molar refractivity (Wildman–Crippen MR) is 99.4 cm³/mol. The molecule has 1 aromatic heterocycles. The fourth-order valence-corrected chi connectivity index (χ4v) is 2.80. The van der Waals surface area contributed by atoms with Gasteiger partial charge in [0.05, 0.1) is 24.5 Å². The zero-order chi connectivity index (χ0) is 18.4. The molecule has 0 fully saturated rings. The third-order valence-electron chi connectivity index (χ3n) is 4.18. The molecule has 6 nitrogen and oxygen atoms in total. The molecule has 2 heterocycles. The van der Waals surface area contributed by atoms with E-state index in [1.807, 2.05) is 55.5 Å². The summed E-state index contributed by atoms with van der Waals surface area (Å²) >= 11 is 0. The summed E-state index contributed by atoms with van der Waals surface area (Å²) in [7, 11) is 0. The minimum absolute atomic E-state index is 0.125. The van der Waals surface area contributed by atoms with Crippen molar-refractivity contribution in [3.63, 3.8) is 0 Å². The van der Waals surface area contributed by atoms with Gasteiger partial charge in [0.25, 0.3) is 0 Å². The monoisotopic (exact) mass is 350 g/mol. The van der Waals surface area contributed by atoms with E-state index in [1.165, 1.54) is 5.01 Å². The van der Waals surface area contributed by atoms with Gasteiger partial charge >= 0.3 is 0 Å². The molecule has 2 amide bonds. The van der Waals surface area contributed by atoms with Crippen molar-refractivity contribution in [2.75, 3.05) is 6.54 Å². The predicted octanol–water partition coefficient (Wildman–Crippen LogP) is 2.42. The first-order chi connectivity index (χ1) is 12.6. The molecule has 0 atom stereocenters. The Balaban J connectivity index is 1.45. The summed E-state index contributed by atoms with van der Waals surface area (Å²) in [6.45, 7) is 2.84. The number of aryl methyl sites for hydroxylation is 1. The Labute approximate surface area is 152 Å². The Morgan fingerprint density at radius 3 is 2.65 bits per heavy atom. The summed E-state index contributed by atoms with van der Waals surface area (Å²) in [6.07, 6.45) is 1.04. The topological polar surface area (TPSA) is 74.7 Å². The molecule has 2 aromatic rings. The highest BCUT2D eigenvalue weighted by atomic mass is 16.2. The van der Waals surface area contributed by atoms with Crippen LogP contribution in [0.15, 0.2) is 53.6 Å². The zero-order valence-electron chi connectivity index (χ0n) is 14.8. The molecule has 0 spiro atoms. The maximum absolute atomic E-state index is 12.3. The average Bonchev–Trinajstić information content (AvgIpc) is 3.15. The van der Waals surface area contributed by atoms with Gasteiger partial charge in [0, 0.05) is 25.0 Å². The quantitative estimate of drug-likeness (QED) is 0.869. The van der Waals surface area contributed by atoms with Crippen LogP contribution >= 0.6 is 0 Å². The van der Waals surface area contributed by atoms with Gasteiger partial charge in [-0.05, 0) is 24.6 Å². The van der Waals surface area contributed by atoms with Crippen LogP contribution in [-0.4, -0.2) is 34.1 Å². The molecule has 26 heavy (non-hydrogen) atoms. The van der Waals surface area contributed by atoms with Crippen LogP contribution in [0, 0.1) is 6.92 Å². The Hall–Kier alpha value is -3.02. The number of hydrogen-bond acceptors (Lipinski definition) is 4. The number of nitrogens with one attached hydrogen (secondary N) is 1. The largest absolute Gasteiger partial charge is 0.350 e. The molecule has 0 radical (unpaired) electrons. The number of aromatic nitrogens is 1. The van der Waals surface area contributed by atoms with Gasteiger partial charge in [-0.3, -0.25) is 14.6 Å². The highest BCUT2D eigenvalue weighted by Gasteiger charge is 2.21. The van der Waals surface area contributed by atoms with Gasteiger partial charge in [-0.15, -0.1) is 0 Å². The first-order valence-electron chi connectivity index (χ1n) is 8.74. The van der Waals surface area contributed by atoms with Gasteiger partial charge in [-0.25, -0.2) is 5.01 Å². The van der Waals surface area contributed by atoms with Crippen molar-refractivity contribution >= 4 is 17.5 Å². The number of benzene rings is 1. The number of hydrazone groups is 1. The Bertz CT molecular complexity index is 818. The highest BCUT2D eigenvalue weighted by molar-refractivity contribution is 6.02. The van der Waals surface area contributed by atoms with E-state index in [9.17, 15) is 9.59 Å². The Kier molecular flexibility index (Phi) is 5.73. The van der Waals surface area contributed by atoms with Crippen molar-refractivity contribution in [3.8, 4) is 0 Å². The number of carbonyl (C=O) groups is 2. The standard InChI is InChI=1S/C20H22N4O2/c1-15-6-5-9-17(22-15)14-21-19(25)10-11-20(26)24-13-12-18(23-24)16-7-3-2-4-8-16/h2-9H,10-14H2,1H3,(H,21,25). The molecule has 1 aliphatic heterocycles. The summed E-state index contributed by atoms with van der Waals surface area (Å²) in [6, 6.07) is 15.5. The van der Waals surface area contributed by atoms with E-state index in [0.29, 0.717) is 13.1 Å². The van der Waals surface area contributed by atoms with E-state index in [2.05, 4.69) is 15.4 Å². The molecule has 0 aliphatic carbocycles. The van der Waals surface area contributed by atoms with Gasteiger partial charge in [-0.2, -0.15) is 5.10 Å². The van der Waals surface area contributed by atoms with Gasteiger partial charge in [0.2, 0.25) is 11.8 Å². The number of hydrogen-bond donors (Lipinski definition) is 1. The van der Waals surface area contributed by atoms with Gasteiger partial charge in [-0.1, -0.05) is 36.4 Å². The first-order valence-corrected chi connectivity index (χ1v) is 8.74. The van der Waals surface area contributed by atoms with Crippen molar-refractivity contribution in [1.29, 1.82) is 0 Å². The molecule has 3 rings (SSSR count). The van der Waals surface area contributed by atoms with E-state index < -0.39 is 0 Å². The molecule has 6 heteroatoms. The van der Waals surface area contributed by atoms with E-state index in [-0.39, 0.29) is 24.7 Å². The molecular formula is C20H22N4O2. The lowest BCUT2D eigenvalue weighted by molar-refractivity contribution is -0.133. The molecule has 1 aromatic carbocycles. The number of carbonyl (C=O) groups excluding carboxylic acids is 2. The van der Waals surface area contributed by atoms with E-state index in [4.69, 9.17) is 0 Å². The summed E-state index contributed by atoms with van der Waals surface area (Å²) in [5.41, 5.74) is 3.66. The van der Waals surface area contributed by atoms with Crippen LogP contribution < -0.4 is 5.32 Å². The molecule has 1 N–H and O–H groups in total. The third-order valence-corrected chi connectivity index (χ3v) is 4.18. The third kappa shape index (κ3) is 4.75. The summed E-state index contributed by atoms with van der Waals surface area (Å²) in [5, 5.41) is 8.67. The Morgan fingerprint density at radius 1 is 1.08 bits per heavy atom. The lowest BCUT2D eigenvalue weighted by Crippen LogP contribution is -2.27. The molecule has 1 aliphatic rings. The van der Waals surface area contributed by atoms with Crippen molar-refractivity contribution in [3.05, 3.63) is 65.5 Å². The minimum atomic E-state index is -0.159. The highest BCUT2D eigenvalue weighted by Crippen LogP contribution is 2.14. The van der Waals surface area contributed by atoms with Crippen molar-refractivity contribution < 1.29 is 9.59 Å². The number of rotatable bonds is 6. The van der Waals surface area contributed by atoms with Crippen LogP contribution in [0.25, 0.3) is 0 Å². The minimum Gasteiger partial charge on any atom is -0.350 e. The van der Waals surface area contributed by atoms with Crippen molar-refractivity contribution in [2.45, 2.75) is 32.7 Å². The van der Waals surface area contributed by atoms with Crippen LogP contribution in [0.1, 0.15) is 36.2 Å². The van der Waals surface area contributed by atoms with Crippen LogP contribution in [-0.2, 0) is 16.1 Å². The lowest BCUT2D eigenvalue weighted by Gasteiger charge is -2.11. The maximum atomic E-state index is 12.3. The second kappa shape index (κ2) is 8.38. The van der Waals surface area contributed by atoms with E-state index in [1.54, 1.807) is 0 Å². The number of nitrogens with zero attached hydrogens (tertiary/aromatic N) is 3. The molecule has 134 valence electrons. The summed E-state index contributed by atoms with van der Waals surface area (Å²) in [4.78, 5) is 28.6. The second-order valence-corrected chi connectivity index (χ2v) is 6.23. The number of pyridine rings is 1. The van der Waals surface area contributed by atoms with Crippen molar-refractivity contribution in [1.82, 2.24) is 15.3 Å². The SMILES string of the molecule is Cc1cccc(CNC(=O)CCC(=O)N2CCC(c3ccccc3)=N2)n1. The van der Waals surface area contributed by atoms with Gasteiger partial charge in [0.15, 0.2) is 0 Å². The van der Waals surface area contributed by atoms with Gasteiger partial charge < -0.3 is 5.32 Å². The van der Waals surface area contributed by atoms with E-state index in [0.717, 1.165) is 29.1 Å². The van der Waals surface area contributed by atoms with Crippen LogP contribution in [0.5, 0.6) is 0 Å². The molecule has 0 unspecified atom stereocenters. The number of amides is 2. The van der Waals surface area contributed by atoms with Gasteiger partial charge in [0.1, 0.15) is 0 Å². The second-order valence-electron chi connectivity index (χ2n) is 6.23. The normalized spacial score (nSPS) is 13.4. The summed E-state index contributed by atoms with van der Waals surface area (Å²) < 4.78 is 0. The first kappa shape index (κ1) is 17.8. The van der Waals surface area contributed by atoms with Crippen molar-refractivity contribution in [2.24, 2.45) is 5.10 Å². The van der Waals surface area contributed by atoms with Crippen LogP contribution in [0.3, 0.4) is 0 Å². The molecule has 0 saturated heterocycles. The van der Waals surface area contributed by atoms with Crippen LogP contribution in [0.2, 0.25) is 0 Å². The average molecular weight is 350 g/mol. The summed E-state index contributed by atoms with van der Waals surface area (Å²) in [5.74, 6) is -0.284. The lowest BCUT2D eigenvalue weighted by atomic mass is 10.1. The smallest absolute Gasteiger partial charge is 0.243 e. The zero-order valence-corrected chi connectivity index (χ0v) is 14.8. The maximum Gasteiger partial charge on any atom is 0.243 e. The fourth-order valence-electron chi connectivity index (χ4n) is 2.80.